The molecular formula is C15H25N3O4. The first-order chi connectivity index (χ1) is 10.1. The molecule has 0 aliphatic rings. The van der Waals surface area contributed by atoms with Gasteiger partial charge >= 0.3 is 12.1 Å². The highest BCUT2D eigenvalue weighted by atomic mass is 16.6. The van der Waals surface area contributed by atoms with Crippen LogP contribution >= 0.6 is 0 Å². The number of hydrogen-bond donors (Lipinski definition) is 1. The van der Waals surface area contributed by atoms with E-state index < -0.39 is 23.7 Å². The van der Waals surface area contributed by atoms with E-state index in [4.69, 9.17) is 4.74 Å². The summed E-state index contributed by atoms with van der Waals surface area (Å²) in [5.41, 5.74) is -0.241. The van der Waals surface area contributed by atoms with Gasteiger partial charge in [-0.3, -0.25) is 9.58 Å². The van der Waals surface area contributed by atoms with Gasteiger partial charge in [-0.25, -0.2) is 9.59 Å². The molecular weight excluding hydrogens is 286 g/mol. The summed E-state index contributed by atoms with van der Waals surface area (Å²) in [6.07, 6.45) is 2.46. The number of ether oxygens (including phenoxy) is 1. The fourth-order valence-electron chi connectivity index (χ4n) is 2.04. The Balaban J connectivity index is 3.17. The second kappa shape index (κ2) is 6.81. The molecule has 0 aliphatic heterocycles. The molecule has 0 aliphatic carbocycles. The number of carbonyl (C=O) groups excluding carboxylic acids is 1. The van der Waals surface area contributed by atoms with Crippen LogP contribution in [-0.4, -0.2) is 43.5 Å². The Kier molecular flexibility index (Phi) is 5.57. The van der Waals surface area contributed by atoms with Gasteiger partial charge in [0.05, 0.1) is 6.20 Å². The Morgan fingerprint density at radius 1 is 1.41 bits per heavy atom. The van der Waals surface area contributed by atoms with Gasteiger partial charge in [0.1, 0.15) is 5.60 Å². The van der Waals surface area contributed by atoms with Gasteiger partial charge in [-0.05, 0) is 41.5 Å². The zero-order chi connectivity index (χ0) is 17.1. The van der Waals surface area contributed by atoms with E-state index in [1.54, 1.807) is 45.5 Å². The molecule has 1 rings (SSSR count). The Labute approximate surface area is 130 Å². The molecule has 1 amide bonds. The van der Waals surface area contributed by atoms with Crippen molar-refractivity contribution < 1.29 is 19.4 Å². The molecule has 0 saturated carbocycles. The smallest absolute Gasteiger partial charge is 0.411 e. The molecule has 1 atom stereocenters. The zero-order valence-corrected chi connectivity index (χ0v) is 14.0. The molecule has 22 heavy (non-hydrogen) atoms. The van der Waals surface area contributed by atoms with Crippen molar-refractivity contribution in [2.24, 2.45) is 0 Å². The number of aryl methyl sites for hydroxylation is 1. The molecule has 0 spiro atoms. The molecule has 1 aromatic heterocycles. The highest BCUT2D eigenvalue weighted by Crippen LogP contribution is 2.25. The topological polar surface area (TPSA) is 84.7 Å². The fraction of sp³-hybridized carbons (Fsp3) is 0.667. The molecule has 1 heterocycles. The number of hydrogen-bond acceptors (Lipinski definition) is 4. The number of carbonyl (C=O) groups is 2. The molecule has 124 valence electrons. The second-order valence-corrected chi connectivity index (χ2v) is 6.35. The summed E-state index contributed by atoms with van der Waals surface area (Å²) in [6.45, 7) is 11.3. The molecule has 0 aromatic carbocycles. The van der Waals surface area contributed by atoms with E-state index in [0.29, 0.717) is 12.1 Å². The number of rotatable bonds is 5. The van der Waals surface area contributed by atoms with Gasteiger partial charge in [0.2, 0.25) is 0 Å². The van der Waals surface area contributed by atoms with Crippen LogP contribution in [0.5, 0.6) is 0 Å². The molecule has 0 fully saturated rings. The van der Waals surface area contributed by atoms with Gasteiger partial charge < -0.3 is 9.84 Å². The Hall–Kier alpha value is -2.05. The van der Waals surface area contributed by atoms with Crippen molar-refractivity contribution in [3.8, 4) is 0 Å². The number of amides is 1. The lowest BCUT2D eigenvalue weighted by molar-refractivity contribution is -0.144. The van der Waals surface area contributed by atoms with Gasteiger partial charge in [-0.15, -0.1) is 0 Å². The van der Waals surface area contributed by atoms with Crippen molar-refractivity contribution >= 4 is 12.1 Å². The van der Waals surface area contributed by atoms with Crippen molar-refractivity contribution in [2.45, 2.75) is 65.8 Å². The van der Waals surface area contributed by atoms with E-state index in [9.17, 15) is 14.7 Å². The lowest BCUT2D eigenvalue weighted by atomic mass is 10.1. The summed E-state index contributed by atoms with van der Waals surface area (Å²) < 4.78 is 6.97. The van der Waals surface area contributed by atoms with Crippen molar-refractivity contribution in [1.29, 1.82) is 0 Å². The first-order valence-corrected chi connectivity index (χ1v) is 7.33. The minimum atomic E-state index is -1.13. The summed E-state index contributed by atoms with van der Waals surface area (Å²) >= 11 is 0. The largest absolute Gasteiger partial charge is 0.479 e. The number of carboxylic acid groups (broad SMARTS) is 1. The van der Waals surface area contributed by atoms with Crippen LogP contribution in [0.1, 0.15) is 53.1 Å². The standard InChI is InChI=1S/C15H25N3O4/c1-7-17-9-11(8-16-17)12(13(19)20)18(10(2)3)14(21)22-15(4,5)6/h8-10,12H,7H2,1-6H3,(H,19,20). The van der Waals surface area contributed by atoms with E-state index in [2.05, 4.69) is 5.10 Å². The van der Waals surface area contributed by atoms with E-state index >= 15 is 0 Å². The maximum Gasteiger partial charge on any atom is 0.411 e. The zero-order valence-electron chi connectivity index (χ0n) is 14.0. The highest BCUT2D eigenvalue weighted by Gasteiger charge is 2.36. The van der Waals surface area contributed by atoms with Crippen LogP contribution in [-0.2, 0) is 16.1 Å². The van der Waals surface area contributed by atoms with Crippen molar-refractivity contribution in [1.82, 2.24) is 14.7 Å². The molecule has 1 unspecified atom stereocenters. The maximum absolute atomic E-state index is 12.4. The summed E-state index contributed by atoms with van der Waals surface area (Å²) in [7, 11) is 0. The number of aliphatic carboxylic acids is 1. The van der Waals surface area contributed by atoms with E-state index in [1.807, 2.05) is 6.92 Å². The summed E-state index contributed by atoms with van der Waals surface area (Å²) in [6, 6.07) is -1.46. The summed E-state index contributed by atoms with van der Waals surface area (Å²) in [5, 5.41) is 13.7. The average Bonchev–Trinajstić information content (AvgIpc) is 2.80. The van der Waals surface area contributed by atoms with Gasteiger partial charge in [0.15, 0.2) is 6.04 Å². The Morgan fingerprint density at radius 2 is 2.00 bits per heavy atom. The van der Waals surface area contributed by atoms with Crippen LogP contribution < -0.4 is 0 Å². The van der Waals surface area contributed by atoms with Crippen LogP contribution in [0.15, 0.2) is 12.4 Å². The predicted molar refractivity (Wildman–Crippen MR) is 81.5 cm³/mol. The third kappa shape index (κ3) is 4.47. The summed E-state index contributed by atoms with van der Waals surface area (Å²) in [4.78, 5) is 25.4. The monoisotopic (exact) mass is 311 g/mol. The van der Waals surface area contributed by atoms with Crippen LogP contribution in [0.25, 0.3) is 0 Å². The van der Waals surface area contributed by atoms with Crippen molar-refractivity contribution in [2.75, 3.05) is 0 Å². The van der Waals surface area contributed by atoms with E-state index in [1.165, 1.54) is 11.1 Å². The molecule has 7 heteroatoms. The quantitative estimate of drug-likeness (QED) is 0.903. The predicted octanol–water partition coefficient (Wildman–Crippen LogP) is 2.67. The van der Waals surface area contributed by atoms with Gasteiger partial charge in [0.25, 0.3) is 0 Å². The fourth-order valence-corrected chi connectivity index (χ4v) is 2.04. The molecule has 7 nitrogen and oxygen atoms in total. The third-order valence-electron chi connectivity index (χ3n) is 2.97. The summed E-state index contributed by atoms with van der Waals surface area (Å²) in [5.74, 6) is -1.12. The van der Waals surface area contributed by atoms with Crippen LogP contribution in [0, 0.1) is 0 Å². The van der Waals surface area contributed by atoms with Crippen molar-refractivity contribution in [3.63, 3.8) is 0 Å². The van der Waals surface area contributed by atoms with Crippen LogP contribution in [0.4, 0.5) is 4.79 Å². The number of carboxylic acids is 1. The Morgan fingerprint density at radius 3 is 2.36 bits per heavy atom. The molecule has 0 bridgehead atoms. The minimum Gasteiger partial charge on any atom is -0.479 e. The van der Waals surface area contributed by atoms with E-state index in [0.717, 1.165) is 0 Å². The lowest BCUT2D eigenvalue weighted by Gasteiger charge is -2.33. The van der Waals surface area contributed by atoms with Gasteiger partial charge in [0, 0.05) is 24.3 Å². The van der Waals surface area contributed by atoms with E-state index in [-0.39, 0.29) is 6.04 Å². The normalized spacial score (nSPS) is 13.0. The highest BCUT2D eigenvalue weighted by molar-refractivity contribution is 5.81. The SMILES string of the molecule is CCn1cc(C(C(=O)O)N(C(=O)OC(C)(C)C)C(C)C)cn1. The first-order valence-electron chi connectivity index (χ1n) is 7.33. The molecule has 0 radical (unpaired) electrons. The third-order valence-corrected chi connectivity index (χ3v) is 2.97. The first kappa shape index (κ1) is 18.0. The van der Waals surface area contributed by atoms with Crippen LogP contribution in [0.3, 0.4) is 0 Å². The number of aromatic nitrogens is 2. The molecule has 1 N–H and O–H groups in total. The number of nitrogens with zero attached hydrogens (tertiary/aromatic N) is 3. The van der Waals surface area contributed by atoms with Crippen LogP contribution in [0.2, 0.25) is 0 Å². The molecule has 1 aromatic rings. The second-order valence-electron chi connectivity index (χ2n) is 6.35. The van der Waals surface area contributed by atoms with Gasteiger partial charge in [-0.2, -0.15) is 5.10 Å². The molecule has 0 saturated heterocycles. The Bertz CT molecular complexity index is 531. The lowest BCUT2D eigenvalue weighted by Crippen LogP contribution is -2.45. The maximum atomic E-state index is 12.4. The average molecular weight is 311 g/mol. The van der Waals surface area contributed by atoms with Gasteiger partial charge in [-0.1, -0.05) is 0 Å². The minimum absolute atomic E-state index is 0.332. The van der Waals surface area contributed by atoms with Crippen molar-refractivity contribution in [3.05, 3.63) is 18.0 Å².